The number of anilines is 1. The normalized spacial score (nSPS) is 22.1. The number of halogens is 1. The van der Waals surface area contributed by atoms with E-state index in [0.717, 1.165) is 13.1 Å². The molecule has 3 heteroatoms. The number of hydrogen-bond acceptors (Lipinski definition) is 2. The zero-order valence-electron chi connectivity index (χ0n) is 13.2. The van der Waals surface area contributed by atoms with Gasteiger partial charge in [0.2, 0.25) is 0 Å². The van der Waals surface area contributed by atoms with Crippen molar-refractivity contribution in [3.8, 4) is 0 Å². The molecule has 112 valence electrons. The summed E-state index contributed by atoms with van der Waals surface area (Å²) in [5, 5.41) is 3.81. The highest BCUT2D eigenvalue weighted by molar-refractivity contribution is 9.10. The number of nitrogens with one attached hydrogen (secondary N) is 1. The van der Waals surface area contributed by atoms with Gasteiger partial charge in [-0.1, -0.05) is 36.7 Å². The Hall–Kier alpha value is -0.540. The third-order valence-electron chi connectivity index (χ3n) is 4.81. The molecular weight excluding hydrogens is 312 g/mol. The van der Waals surface area contributed by atoms with Gasteiger partial charge in [-0.3, -0.25) is 0 Å². The van der Waals surface area contributed by atoms with Crippen LogP contribution in [0.1, 0.15) is 45.6 Å². The third kappa shape index (κ3) is 3.20. The summed E-state index contributed by atoms with van der Waals surface area (Å²) in [5.74, 6) is 0. The van der Waals surface area contributed by atoms with E-state index >= 15 is 0 Å². The quantitative estimate of drug-likeness (QED) is 0.869. The molecule has 0 spiro atoms. The Kier molecular flexibility index (Phi) is 5.14. The Labute approximate surface area is 132 Å². The second-order valence-electron chi connectivity index (χ2n) is 6.05. The van der Waals surface area contributed by atoms with E-state index in [4.69, 9.17) is 0 Å². The molecule has 1 fully saturated rings. The average molecular weight is 339 g/mol. The molecule has 0 amide bonds. The first-order valence-electron chi connectivity index (χ1n) is 7.82. The number of hydrogen-bond donors (Lipinski definition) is 1. The van der Waals surface area contributed by atoms with Crippen molar-refractivity contribution in [1.29, 1.82) is 0 Å². The minimum Gasteiger partial charge on any atom is -0.365 e. The summed E-state index contributed by atoms with van der Waals surface area (Å²) in [7, 11) is 0. The van der Waals surface area contributed by atoms with Gasteiger partial charge in [-0.2, -0.15) is 0 Å². The Balaban J connectivity index is 2.33. The second kappa shape index (κ2) is 6.48. The van der Waals surface area contributed by atoms with Gasteiger partial charge in [-0.25, -0.2) is 0 Å². The summed E-state index contributed by atoms with van der Waals surface area (Å²) in [5.41, 5.74) is 2.94. The molecule has 0 bridgehead atoms. The van der Waals surface area contributed by atoms with Gasteiger partial charge in [-0.15, -0.1) is 0 Å². The van der Waals surface area contributed by atoms with Gasteiger partial charge >= 0.3 is 0 Å². The molecule has 1 aromatic rings. The van der Waals surface area contributed by atoms with Crippen molar-refractivity contribution in [3.05, 3.63) is 28.2 Å². The zero-order valence-corrected chi connectivity index (χ0v) is 14.8. The van der Waals surface area contributed by atoms with Crippen molar-refractivity contribution in [1.82, 2.24) is 5.32 Å². The van der Waals surface area contributed by atoms with Crippen molar-refractivity contribution < 1.29 is 0 Å². The molecule has 0 radical (unpaired) electrons. The van der Waals surface area contributed by atoms with Gasteiger partial charge in [0.05, 0.1) is 0 Å². The van der Waals surface area contributed by atoms with Crippen LogP contribution in [0.4, 0.5) is 5.69 Å². The van der Waals surface area contributed by atoms with Gasteiger partial charge in [0.25, 0.3) is 0 Å². The highest BCUT2D eigenvalue weighted by Gasteiger charge is 2.36. The van der Waals surface area contributed by atoms with Crippen LogP contribution in [0.5, 0.6) is 0 Å². The Bertz CT molecular complexity index is 434. The van der Waals surface area contributed by atoms with Crippen LogP contribution in [0.2, 0.25) is 0 Å². The Morgan fingerprint density at radius 2 is 1.95 bits per heavy atom. The first-order valence-corrected chi connectivity index (χ1v) is 8.61. The van der Waals surface area contributed by atoms with Crippen LogP contribution in [0, 0.1) is 6.92 Å². The summed E-state index contributed by atoms with van der Waals surface area (Å²) in [6, 6.07) is 7.35. The topological polar surface area (TPSA) is 15.3 Å². The molecule has 0 aliphatic carbocycles. The van der Waals surface area contributed by atoms with Crippen LogP contribution in [-0.4, -0.2) is 24.7 Å². The number of nitrogens with zero attached hydrogens (tertiary/aromatic N) is 1. The number of benzene rings is 1. The molecule has 1 aliphatic heterocycles. The molecule has 1 N–H and O–H groups in total. The van der Waals surface area contributed by atoms with Crippen molar-refractivity contribution >= 4 is 21.6 Å². The van der Waals surface area contributed by atoms with Crippen molar-refractivity contribution in [2.24, 2.45) is 0 Å². The molecule has 2 nitrogen and oxygen atoms in total. The lowest BCUT2D eigenvalue weighted by atomic mass is 9.87. The van der Waals surface area contributed by atoms with Crippen LogP contribution in [-0.2, 0) is 0 Å². The average Bonchev–Trinajstić information content (AvgIpc) is 2.45. The van der Waals surface area contributed by atoms with Crippen LogP contribution in [0.25, 0.3) is 0 Å². The summed E-state index contributed by atoms with van der Waals surface area (Å²) in [4.78, 5) is 2.61. The first-order chi connectivity index (χ1) is 9.53. The molecule has 1 heterocycles. The lowest BCUT2D eigenvalue weighted by molar-refractivity contribution is 0.246. The largest absolute Gasteiger partial charge is 0.365 e. The maximum atomic E-state index is 3.81. The van der Waals surface area contributed by atoms with E-state index in [1.165, 1.54) is 35.0 Å². The molecule has 0 aromatic heterocycles. The number of rotatable bonds is 4. The van der Waals surface area contributed by atoms with Crippen LogP contribution >= 0.6 is 15.9 Å². The first kappa shape index (κ1) is 15.8. The monoisotopic (exact) mass is 338 g/mol. The van der Waals surface area contributed by atoms with E-state index in [0.29, 0.717) is 6.04 Å². The van der Waals surface area contributed by atoms with E-state index in [1.807, 2.05) is 0 Å². The Morgan fingerprint density at radius 1 is 1.25 bits per heavy atom. The number of aryl methyl sites for hydroxylation is 1. The molecular formula is C17H27BrN2. The zero-order chi connectivity index (χ0) is 14.8. The van der Waals surface area contributed by atoms with Crippen molar-refractivity contribution in [2.75, 3.05) is 18.0 Å². The molecule has 2 rings (SSSR count). The molecule has 1 aliphatic rings. The van der Waals surface area contributed by atoms with E-state index in [9.17, 15) is 0 Å². The van der Waals surface area contributed by atoms with Crippen molar-refractivity contribution in [2.45, 2.75) is 58.5 Å². The van der Waals surface area contributed by atoms with Crippen LogP contribution in [0.15, 0.2) is 22.7 Å². The minimum atomic E-state index is 0.266. The minimum absolute atomic E-state index is 0.266. The lowest BCUT2D eigenvalue weighted by Crippen LogP contribution is -2.64. The summed E-state index contributed by atoms with van der Waals surface area (Å²) in [6.45, 7) is 11.2. The standard InChI is InChI=1S/C17H27BrN2/c1-5-15-11-19-17(6-2,7-3)12-20(15)16-9-13(4)8-14(18)10-16/h8-10,15,19H,5-7,11-12H2,1-4H3. The SMILES string of the molecule is CCC1CNC(CC)(CC)CN1c1cc(C)cc(Br)c1. The summed E-state index contributed by atoms with van der Waals surface area (Å²) >= 11 is 3.64. The Morgan fingerprint density at radius 3 is 2.50 bits per heavy atom. The van der Waals surface area contributed by atoms with Gasteiger partial charge < -0.3 is 10.2 Å². The molecule has 1 saturated heterocycles. The highest BCUT2D eigenvalue weighted by atomic mass is 79.9. The van der Waals surface area contributed by atoms with Crippen molar-refractivity contribution in [3.63, 3.8) is 0 Å². The fourth-order valence-corrected chi connectivity index (χ4v) is 3.82. The fourth-order valence-electron chi connectivity index (χ4n) is 3.23. The highest BCUT2D eigenvalue weighted by Crippen LogP contribution is 2.31. The maximum Gasteiger partial charge on any atom is 0.0412 e. The third-order valence-corrected chi connectivity index (χ3v) is 5.27. The molecule has 1 atom stereocenters. The molecule has 20 heavy (non-hydrogen) atoms. The van der Waals surface area contributed by atoms with E-state index in [-0.39, 0.29) is 5.54 Å². The lowest BCUT2D eigenvalue weighted by Gasteiger charge is -2.48. The van der Waals surface area contributed by atoms with Gasteiger partial charge in [0.15, 0.2) is 0 Å². The van der Waals surface area contributed by atoms with Gasteiger partial charge in [0.1, 0.15) is 0 Å². The van der Waals surface area contributed by atoms with Crippen LogP contribution < -0.4 is 10.2 Å². The van der Waals surface area contributed by atoms with Crippen LogP contribution in [0.3, 0.4) is 0 Å². The smallest absolute Gasteiger partial charge is 0.0412 e. The van der Waals surface area contributed by atoms with E-state index in [2.05, 4.69) is 72.0 Å². The molecule has 1 aromatic carbocycles. The van der Waals surface area contributed by atoms with E-state index in [1.54, 1.807) is 0 Å². The van der Waals surface area contributed by atoms with Gasteiger partial charge in [0, 0.05) is 34.8 Å². The van der Waals surface area contributed by atoms with Gasteiger partial charge in [-0.05, 0) is 49.9 Å². The summed E-state index contributed by atoms with van der Waals surface area (Å²) < 4.78 is 1.18. The molecule has 0 saturated carbocycles. The van der Waals surface area contributed by atoms with E-state index < -0.39 is 0 Å². The fraction of sp³-hybridized carbons (Fsp3) is 0.647. The molecule has 1 unspecified atom stereocenters. The number of piperazine rings is 1. The summed E-state index contributed by atoms with van der Waals surface area (Å²) in [6.07, 6.45) is 3.55. The predicted molar refractivity (Wildman–Crippen MR) is 91.6 cm³/mol. The predicted octanol–water partition coefficient (Wildman–Crippen LogP) is 4.50. The second-order valence-corrected chi connectivity index (χ2v) is 6.96. The maximum absolute atomic E-state index is 3.81.